The molecular weight excluding hydrogens is 172 g/mol. The molecule has 3 N–H and O–H groups in total. The van der Waals surface area contributed by atoms with Crippen LogP contribution in [0.4, 0.5) is 0 Å². The van der Waals surface area contributed by atoms with Gasteiger partial charge in [-0.25, -0.2) is 0 Å². The van der Waals surface area contributed by atoms with Gasteiger partial charge in [-0.1, -0.05) is 0 Å². The molecule has 78 valence electrons. The van der Waals surface area contributed by atoms with Crippen LogP contribution in [-0.4, -0.2) is 45.9 Å². The van der Waals surface area contributed by atoms with Crippen LogP contribution < -0.4 is 11.1 Å². The Bertz CT molecular complexity index is 141. The van der Waals surface area contributed by atoms with Crippen molar-refractivity contribution in [1.82, 2.24) is 5.32 Å². The van der Waals surface area contributed by atoms with E-state index in [0.29, 0.717) is 26.2 Å². The fourth-order valence-corrected chi connectivity index (χ4v) is 0.864. The summed E-state index contributed by atoms with van der Waals surface area (Å²) in [7, 11) is 3.13. The van der Waals surface area contributed by atoms with E-state index in [1.807, 2.05) is 0 Å². The number of methoxy groups -OCH3 is 2. The zero-order chi connectivity index (χ0) is 10.1. The summed E-state index contributed by atoms with van der Waals surface area (Å²) in [6, 6.07) is -0.102. The first-order chi connectivity index (χ1) is 6.24. The Kier molecular flexibility index (Phi) is 7.57. The number of carbonyl (C=O) groups is 1. The lowest BCUT2D eigenvalue weighted by molar-refractivity contribution is -0.123. The molecule has 0 rings (SSSR count). The first kappa shape index (κ1) is 12.3. The van der Waals surface area contributed by atoms with E-state index >= 15 is 0 Å². The third-order valence-corrected chi connectivity index (χ3v) is 1.55. The van der Waals surface area contributed by atoms with Crippen LogP contribution in [0.5, 0.6) is 0 Å². The molecule has 0 fully saturated rings. The minimum atomic E-state index is -0.102. The predicted molar refractivity (Wildman–Crippen MR) is 49.4 cm³/mol. The second kappa shape index (κ2) is 7.97. The van der Waals surface area contributed by atoms with Crippen molar-refractivity contribution >= 4 is 5.91 Å². The molecule has 0 saturated carbocycles. The van der Waals surface area contributed by atoms with Crippen LogP contribution >= 0.6 is 0 Å². The highest BCUT2D eigenvalue weighted by Crippen LogP contribution is 1.86. The lowest BCUT2D eigenvalue weighted by Gasteiger charge is -2.15. The van der Waals surface area contributed by atoms with Gasteiger partial charge in [-0.3, -0.25) is 4.79 Å². The topological polar surface area (TPSA) is 73.6 Å². The summed E-state index contributed by atoms with van der Waals surface area (Å²) in [6.45, 7) is 1.25. The van der Waals surface area contributed by atoms with E-state index in [4.69, 9.17) is 15.2 Å². The fraction of sp³-hybridized carbons (Fsp3) is 0.875. The summed E-state index contributed by atoms with van der Waals surface area (Å²) in [5.41, 5.74) is 5.41. The van der Waals surface area contributed by atoms with Crippen LogP contribution in [0.25, 0.3) is 0 Å². The van der Waals surface area contributed by atoms with Crippen molar-refractivity contribution in [1.29, 1.82) is 0 Å². The predicted octanol–water partition coefficient (Wildman–Crippen LogP) is -0.887. The van der Waals surface area contributed by atoms with Crippen molar-refractivity contribution in [2.45, 2.75) is 12.5 Å². The minimum Gasteiger partial charge on any atom is -0.384 e. The molecule has 0 spiro atoms. The van der Waals surface area contributed by atoms with E-state index in [2.05, 4.69) is 5.32 Å². The lowest BCUT2D eigenvalue weighted by Crippen LogP contribution is -2.43. The van der Waals surface area contributed by atoms with Crippen LogP contribution in [0, 0.1) is 0 Å². The molecule has 0 aromatic carbocycles. The highest BCUT2D eigenvalue weighted by Gasteiger charge is 2.09. The number of carbonyl (C=O) groups excluding carboxylic acids is 1. The third kappa shape index (κ3) is 6.51. The van der Waals surface area contributed by atoms with Gasteiger partial charge < -0.3 is 20.5 Å². The maximum Gasteiger partial charge on any atom is 0.222 e. The van der Waals surface area contributed by atoms with Gasteiger partial charge >= 0.3 is 0 Å². The average molecular weight is 190 g/mol. The molecule has 0 aliphatic carbocycles. The van der Waals surface area contributed by atoms with Gasteiger partial charge in [0.2, 0.25) is 5.91 Å². The number of amides is 1. The van der Waals surface area contributed by atoms with E-state index in [1.54, 1.807) is 14.2 Å². The average Bonchev–Trinajstić information content (AvgIpc) is 2.14. The maximum absolute atomic E-state index is 11.1. The van der Waals surface area contributed by atoms with Crippen LogP contribution in [0.1, 0.15) is 6.42 Å². The summed E-state index contributed by atoms with van der Waals surface area (Å²) in [5, 5.41) is 2.73. The van der Waals surface area contributed by atoms with Gasteiger partial charge in [0.25, 0.3) is 0 Å². The molecule has 5 heteroatoms. The molecule has 1 amide bonds. The van der Waals surface area contributed by atoms with Crippen LogP contribution in [0.15, 0.2) is 0 Å². The molecule has 0 aromatic rings. The monoisotopic (exact) mass is 190 g/mol. The zero-order valence-electron chi connectivity index (χ0n) is 8.21. The number of hydrogen-bond acceptors (Lipinski definition) is 4. The summed E-state index contributed by atoms with van der Waals surface area (Å²) in [6.07, 6.45) is 0.358. The first-order valence-corrected chi connectivity index (χ1v) is 4.21. The SMILES string of the molecule is COCCC(=O)NC(CN)COC. The quantitative estimate of drug-likeness (QED) is 0.546. The van der Waals surface area contributed by atoms with Crippen LogP contribution in [0.3, 0.4) is 0 Å². The molecular formula is C8H18N2O3. The number of ether oxygens (including phenoxy) is 2. The number of nitrogens with two attached hydrogens (primary N) is 1. The first-order valence-electron chi connectivity index (χ1n) is 4.21. The summed E-state index contributed by atoms with van der Waals surface area (Å²) in [5.74, 6) is -0.0608. The van der Waals surface area contributed by atoms with E-state index in [1.165, 1.54) is 0 Å². The van der Waals surface area contributed by atoms with Crippen molar-refractivity contribution in [3.8, 4) is 0 Å². The normalized spacial score (nSPS) is 12.5. The minimum absolute atomic E-state index is 0.0608. The molecule has 0 aliphatic heterocycles. The molecule has 1 unspecified atom stereocenters. The molecule has 1 atom stereocenters. The molecule has 5 nitrogen and oxygen atoms in total. The van der Waals surface area contributed by atoms with E-state index in [-0.39, 0.29) is 11.9 Å². The standard InChI is InChI=1S/C8H18N2O3/c1-12-4-3-8(11)10-7(5-9)6-13-2/h7H,3-6,9H2,1-2H3,(H,10,11). The summed E-state index contributed by atoms with van der Waals surface area (Å²) >= 11 is 0. The highest BCUT2D eigenvalue weighted by atomic mass is 16.5. The van der Waals surface area contributed by atoms with Crippen LogP contribution in [0.2, 0.25) is 0 Å². The number of nitrogens with one attached hydrogen (secondary N) is 1. The third-order valence-electron chi connectivity index (χ3n) is 1.55. The van der Waals surface area contributed by atoms with Crippen molar-refractivity contribution in [3.05, 3.63) is 0 Å². The lowest BCUT2D eigenvalue weighted by atomic mass is 10.3. The molecule has 0 saturated heterocycles. The zero-order valence-corrected chi connectivity index (χ0v) is 8.21. The van der Waals surface area contributed by atoms with Gasteiger partial charge in [-0.2, -0.15) is 0 Å². The Morgan fingerprint density at radius 3 is 2.62 bits per heavy atom. The van der Waals surface area contributed by atoms with Crippen molar-refractivity contribution in [3.63, 3.8) is 0 Å². The molecule has 0 aromatic heterocycles. The van der Waals surface area contributed by atoms with E-state index in [9.17, 15) is 4.79 Å². The van der Waals surface area contributed by atoms with Crippen molar-refractivity contribution in [2.75, 3.05) is 34.0 Å². The molecule has 0 heterocycles. The van der Waals surface area contributed by atoms with Crippen molar-refractivity contribution < 1.29 is 14.3 Å². The summed E-state index contributed by atoms with van der Waals surface area (Å²) in [4.78, 5) is 11.1. The Labute approximate surface area is 78.6 Å². The van der Waals surface area contributed by atoms with Gasteiger partial charge in [-0.05, 0) is 0 Å². The van der Waals surface area contributed by atoms with Gasteiger partial charge in [0, 0.05) is 27.2 Å². The van der Waals surface area contributed by atoms with Crippen LogP contribution in [-0.2, 0) is 14.3 Å². The Morgan fingerprint density at radius 1 is 1.46 bits per heavy atom. The number of rotatable bonds is 7. The Balaban J connectivity index is 3.60. The van der Waals surface area contributed by atoms with Gasteiger partial charge in [0.15, 0.2) is 0 Å². The van der Waals surface area contributed by atoms with E-state index < -0.39 is 0 Å². The van der Waals surface area contributed by atoms with Gasteiger partial charge in [0.1, 0.15) is 0 Å². The molecule has 0 bridgehead atoms. The van der Waals surface area contributed by atoms with Gasteiger partial charge in [0.05, 0.1) is 19.3 Å². The maximum atomic E-state index is 11.1. The number of hydrogen-bond donors (Lipinski definition) is 2. The molecule has 0 radical (unpaired) electrons. The second-order valence-corrected chi connectivity index (χ2v) is 2.70. The summed E-state index contributed by atoms with van der Waals surface area (Å²) < 4.78 is 9.64. The van der Waals surface area contributed by atoms with Gasteiger partial charge in [-0.15, -0.1) is 0 Å². The highest BCUT2D eigenvalue weighted by molar-refractivity contribution is 5.76. The fourth-order valence-electron chi connectivity index (χ4n) is 0.864. The molecule has 13 heavy (non-hydrogen) atoms. The smallest absolute Gasteiger partial charge is 0.222 e. The van der Waals surface area contributed by atoms with E-state index in [0.717, 1.165) is 0 Å². The molecule has 0 aliphatic rings. The van der Waals surface area contributed by atoms with Crippen molar-refractivity contribution in [2.24, 2.45) is 5.73 Å². The Hall–Kier alpha value is -0.650. The Morgan fingerprint density at radius 2 is 2.15 bits per heavy atom. The second-order valence-electron chi connectivity index (χ2n) is 2.70. The largest absolute Gasteiger partial charge is 0.384 e.